The molecule has 0 aromatic carbocycles. The number of aromatic amines is 1. The molecule has 0 radical (unpaired) electrons. The Morgan fingerprint density at radius 2 is 2.24 bits per heavy atom. The van der Waals surface area contributed by atoms with Gasteiger partial charge in [0.15, 0.2) is 0 Å². The van der Waals surface area contributed by atoms with E-state index in [1.807, 2.05) is 18.2 Å². The maximum atomic E-state index is 5.78. The van der Waals surface area contributed by atoms with Gasteiger partial charge >= 0.3 is 0 Å². The molecule has 6 nitrogen and oxygen atoms in total. The fraction of sp³-hybridized carbons (Fsp3) is 0. The fourth-order valence-electron chi connectivity index (χ4n) is 1.64. The molecular weight excluding hydrogens is 218 g/mol. The van der Waals surface area contributed by atoms with E-state index in [1.165, 1.54) is 0 Å². The topological polar surface area (TPSA) is 93.6 Å². The molecule has 3 heterocycles. The van der Waals surface area contributed by atoms with E-state index in [9.17, 15) is 0 Å². The SMILES string of the molecule is Nc1onc(-c2cn[nH]c2)c1-c1ccccn1. The van der Waals surface area contributed by atoms with Crippen molar-refractivity contribution in [3.05, 3.63) is 36.8 Å². The van der Waals surface area contributed by atoms with Gasteiger partial charge in [-0.15, -0.1) is 0 Å². The predicted octanol–water partition coefficient (Wildman–Crippen LogP) is 1.71. The first-order chi connectivity index (χ1) is 8.36. The molecule has 0 aliphatic carbocycles. The van der Waals surface area contributed by atoms with Gasteiger partial charge in [-0.1, -0.05) is 11.2 Å². The van der Waals surface area contributed by atoms with Crippen molar-refractivity contribution in [3.8, 4) is 22.5 Å². The average Bonchev–Trinajstić information content (AvgIpc) is 2.98. The van der Waals surface area contributed by atoms with Gasteiger partial charge in [-0.2, -0.15) is 5.10 Å². The summed E-state index contributed by atoms with van der Waals surface area (Å²) >= 11 is 0. The largest absolute Gasteiger partial charge is 0.367 e. The molecule has 0 saturated carbocycles. The number of aromatic nitrogens is 4. The second kappa shape index (κ2) is 3.75. The zero-order chi connectivity index (χ0) is 11.7. The Morgan fingerprint density at radius 3 is 2.94 bits per heavy atom. The van der Waals surface area contributed by atoms with Crippen molar-refractivity contribution in [2.24, 2.45) is 0 Å². The summed E-state index contributed by atoms with van der Waals surface area (Å²) in [4.78, 5) is 4.24. The van der Waals surface area contributed by atoms with Crippen LogP contribution in [0.3, 0.4) is 0 Å². The van der Waals surface area contributed by atoms with Crippen LogP contribution in [0.4, 0.5) is 5.88 Å². The summed E-state index contributed by atoms with van der Waals surface area (Å²) < 4.78 is 5.02. The number of anilines is 1. The van der Waals surface area contributed by atoms with Gasteiger partial charge in [0, 0.05) is 18.0 Å². The van der Waals surface area contributed by atoms with E-state index >= 15 is 0 Å². The van der Waals surface area contributed by atoms with Gasteiger partial charge in [0.05, 0.1) is 17.5 Å². The summed E-state index contributed by atoms with van der Waals surface area (Å²) in [7, 11) is 0. The van der Waals surface area contributed by atoms with Crippen LogP contribution in [0, 0.1) is 0 Å². The Bertz CT molecular complexity index is 615. The lowest BCUT2D eigenvalue weighted by atomic mass is 10.1. The first kappa shape index (κ1) is 9.59. The van der Waals surface area contributed by atoms with E-state index in [0.717, 1.165) is 11.3 Å². The second-order valence-electron chi connectivity index (χ2n) is 3.47. The molecule has 0 aliphatic heterocycles. The van der Waals surface area contributed by atoms with Crippen LogP contribution < -0.4 is 5.73 Å². The van der Waals surface area contributed by atoms with Crippen LogP contribution in [0.25, 0.3) is 22.5 Å². The summed E-state index contributed by atoms with van der Waals surface area (Å²) in [6.45, 7) is 0. The predicted molar refractivity (Wildman–Crippen MR) is 61.7 cm³/mol. The smallest absolute Gasteiger partial charge is 0.232 e. The summed E-state index contributed by atoms with van der Waals surface area (Å²) in [5.74, 6) is 0.250. The Kier molecular flexibility index (Phi) is 2.11. The maximum Gasteiger partial charge on any atom is 0.232 e. The fourth-order valence-corrected chi connectivity index (χ4v) is 1.64. The van der Waals surface area contributed by atoms with Crippen LogP contribution in [-0.4, -0.2) is 20.3 Å². The Hall–Kier alpha value is -2.63. The minimum Gasteiger partial charge on any atom is -0.367 e. The van der Waals surface area contributed by atoms with Crippen LogP contribution in [0.2, 0.25) is 0 Å². The van der Waals surface area contributed by atoms with Gasteiger partial charge in [0.2, 0.25) is 5.88 Å². The number of pyridine rings is 1. The van der Waals surface area contributed by atoms with Gasteiger partial charge in [0.1, 0.15) is 5.69 Å². The van der Waals surface area contributed by atoms with Crippen molar-refractivity contribution < 1.29 is 4.52 Å². The van der Waals surface area contributed by atoms with Crippen molar-refractivity contribution in [1.29, 1.82) is 0 Å². The molecule has 17 heavy (non-hydrogen) atoms. The summed E-state index contributed by atoms with van der Waals surface area (Å²) in [6.07, 6.45) is 5.08. The van der Waals surface area contributed by atoms with Crippen molar-refractivity contribution in [3.63, 3.8) is 0 Å². The molecule has 3 aromatic heterocycles. The number of nitrogens with zero attached hydrogens (tertiary/aromatic N) is 3. The zero-order valence-corrected chi connectivity index (χ0v) is 8.79. The van der Waals surface area contributed by atoms with Crippen LogP contribution in [0.1, 0.15) is 0 Å². The summed E-state index contributed by atoms with van der Waals surface area (Å²) in [6, 6.07) is 5.57. The Balaban J connectivity index is 2.20. The third kappa shape index (κ3) is 1.55. The van der Waals surface area contributed by atoms with Crippen molar-refractivity contribution in [1.82, 2.24) is 20.3 Å². The molecule has 0 aliphatic rings. The highest BCUT2D eigenvalue weighted by atomic mass is 16.5. The monoisotopic (exact) mass is 227 g/mol. The molecule has 0 atom stereocenters. The second-order valence-corrected chi connectivity index (χ2v) is 3.47. The molecule has 0 fully saturated rings. The molecule has 0 amide bonds. The highest BCUT2D eigenvalue weighted by Gasteiger charge is 2.18. The van der Waals surface area contributed by atoms with Gasteiger partial charge in [0.25, 0.3) is 0 Å². The van der Waals surface area contributed by atoms with Crippen molar-refractivity contribution in [2.45, 2.75) is 0 Å². The van der Waals surface area contributed by atoms with E-state index < -0.39 is 0 Å². The van der Waals surface area contributed by atoms with Crippen LogP contribution >= 0.6 is 0 Å². The number of hydrogen-bond donors (Lipinski definition) is 2. The summed E-state index contributed by atoms with van der Waals surface area (Å²) in [5, 5.41) is 10.5. The maximum absolute atomic E-state index is 5.78. The lowest BCUT2D eigenvalue weighted by Crippen LogP contribution is -1.89. The Morgan fingerprint density at radius 1 is 1.29 bits per heavy atom. The lowest BCUT2D eigenvalue weighted by molar-refractivity contribution is 0.439. The molecular formula is C11H9N5O. The number of hydrogen-bond acceptors (Lipinski definition) is 5. The summed E-state index contributed by atoms with van der Waals surface area (Å²) in [5.41, 5.74) is 8.64. The van der Waals surface area contributed by atoms with E-state index in [-0.39, 0.29) is 5.88 Å². The van der Waals surface area contributed by atoms with E-state index in [2.05, 4.69) is 20.3 Å². The van der Waals surface area contributed by atoms with Crippen molar-refractivity contribution >= 4 is 5.88 Å². The van der Waals surface area contributed by atoms with Crippen LogP contribution in [0.15, 0.2) is 41.3 Å². The van der Waals surface area contributed by atoms with Crippen LogP contribution in [-0.2, 0) is 0 Å². The first-order valence-electron chi connectivity index (χ1n) is 5.02. The molecule has 0 bridgehead atoms. The number of nitrogen functional groups attached to an aromatic ring is 1. The molecule has 3 N–H and O–H groups in total. The van der Waals surface area contributed by atoms with Gasteiger partial charge in [-0.25, -0.2) is 0 Å². The van der Waals surface area contributed by atoms with E-state index in [1.54, 1.807) is 18.6 Å². The number of rotatable bonds is 2. The average molecular weight is 227 g/mol. The molecule has 84 valence electrons. The van der Waals surface area contributed by atoms with Crippen molar-refractivity contribution in [2.75, 3.05) is 5.73 Å². The standard InChI is InChI=1S/C11H9N5O/c12-11-9(8-3-1-2-4-13-8)10(16-17-11)7-5-14-15-6-7/h1-6H,12H2,(H,14,15). The Labute approximate surface area is 96.5 Å². The third-order valence-electron chi connectivity index (χ3n) is 2.41. The highest BCUT2D eigenvalue weighted by molar-refractivity contribution is 5.84. The number of nitrogens with two attached hydrogens (primary N) is 1. The third-order valence-corrected chi connectivity index (χ3v) is 2.41. The van der Waals surface area contributed by atoms with Gasteiger partial charge < -0.3 is 10.3 Å². The lowest BCUT2D eigenvalue weighted by Gasteiger charge is -1.98. The number of nitrogens with one attached hydrogen (secondary N) is 1. The quantitative estimate of drug-likeness (QED) is 0.695. The molecule has 0 saturated heterocycles. The normalized spacial score (nSPS) is 10.6. The highest BCUT2D eigenvalue weighted by Crippen LogP contribution is 2.34. The molecule has 3 rings (SSSR count). The molecule has 0 spiro atoms. The minimum absolute atomic E-state index is 0.250. The van der Waals surface area contributed by atoms with E-state index in [4.69, 9.17) is 10.3 Å². The van der Waals surface area contributed by atoms with Crippen LogP contribution in [0.5, 0.6) is 0 Å². The first-order valence-corrected chi connectivity index (χ1v) is 5.02. The molecule has 0 unspecified atom stereocenters. The van der Waals surface area contributed by atoms with Gasteiger partial charge in [-0.05, 0) is 12.1 Å². The van der Waals surface area contributed by atoms with Gasteiger partial charge in [-0.3, -0.25) is 10.1 Å². The van der Waals surface area contributed by atoms with E-state index in [0.29, 0.717) is 11.3 Å². The number of H-pyrrole nitrogens is 1. The minimum atomic E-state index is 0.250. The molecule has 6 heteroatoms. The molecule has 3 aromatic rings. The zero-order valence-electron chi connectivity index (χ0n) is 8.79.